The number of hydrogen-bond donors (Lipinski definition) is 4. The molecule has 1 atom stereocenters. The number of amidine groups is 1. The van der Waals surface area contributed by atoms with Crippen molar-refractivity contribution in [1.82, 2.24) is 14.8 Å². The van der Waals surface area contributed by atoms with Crippen molar-refractivity contribution in [3.63, 3.8) is 0 Å². The zero-order valence-corrected chi connectivity index (χ0v) is 29.8. The van der Waals surface area contributed by atoms with Crippen molar-refractivity contribution in [3.8, 4) is 5.88 Å². The van der Waals surface area contributed by atoms with Gasteiger partial charge in [0, 0.05) is 66.5 Å². The Labute approximate surface area is 304 Å². The lowest BCUT2D eigenvalue weighted by molar-refractivity contribution is -0.132. The number of nitrogens with zero attached hydrogens (tertiary/aromatic N) is 6. The molecule has 1 spiro atoms. The van der Waals surface area contributed by atoms with E-state index in [0.29, 0.717) is 79.8 Å². The van der Waals surface area contributed by atoms with Gasteiger partial charge in [-0.25, -0.2) is 9.98 Å². The number of aliphatic imine (C=N–C) groups is 2. The second kappa shape index (κ2) is 15.9. The van der Waals surface area contributed by atoms with E-state index in [1.165, 1.54) is 11.9 Å². The maximum atomic E-state index is 14.0. The van der Waals surface area contributed by atoms with Crippen molar-refractivity contribution < 1.29 is 19.4 Å². The third-order valence-corrected chi connectivity index (χ3v) is 9.92. The number of anilines is 2. The number of carbonyl (C=O) groups is 2. The van der Waals surface area contributed by atoms with Crippen LogP contribution in [0.15, 0.2) is 76.9 Å². The fraction of sp³-hybridized carbons (Fsp3) is 0.385. The van der Waals surface area contributed by atoms with Gasteiger partial charge in [0.1, 0.15) is 12.2 Å². The predicted octanol–water partition coefficient (Wildman–Crippen LogP) is 3.34. The van der Waals surface area contributed by atoms with E-state index < -0.39 is 5.41 Å². The van der Waals surface area contributed by atoms with Gasteiger partial charge in [-0.05, 0) is 75.1 Å². The minimum atomic E-state index is -0.535. The lowest BCUT2D eigenvalue weighted by Crippen LogP contribution is -2.43. The second-order valence-corrected chi connectivity index (χ2v) is 13.8. The third-order valence-electron chi connectivity index (χ3n) is 9.92. The number of likely N-dealkylation sites (tertiary alicyclic amines) is 1. The number of aromatic nitrogens is 1. The summed E-state index contributed by atoms with van der Waals surface area (Å²) in [6, 6.07) is 16.8. The van der Waals surface area contributed by atoms with Gasteiger partial charge in [-0.15, -0.1) is 0 Å². The van der Waals surface area contributed by atoms with Crippen molar-refractivity contribution in [3.05, 3.63) is 89.1 Å². The van der Waals surface area contributed by atoms with E-state index in [2.05, 4.69) is 25.9 Å². The molecule has 13 nitrogen and oxygen atoms in total. The molecule has 0 unspecified atom stereocenters. The third kappa shape index (κ3) is 8.05. The fourth-order valence-corrected chi connectivity index (χ4v) is 7.06. The normalized spacial score (nSPS) is 19.7. The van der Waals surface area contributed by atoms with Crippen LogP contribution < -0.4 is 21.1 Å². The Morgan fingerprint density at radius 3 is 2.56 bits per heavy atom. The molecule has 52 heavy (non-hydrogen) atoms. The Kier molecular flexibility index (Phi) is 11.1. The molecule has 6 rings (SSSR count). The molecule has 4 heterocycles. The molecule has 0 bridgehead atoms. The molecule has 2 fully saturated rings. The first-order valence-electron chi connectivity index (χ1n) is 17.7. The van der Waals surface area contributed by atoms with Gasteiger partial charge in [-0.3, -0.25) is 24.9 Å². The van der Waals surface area contributed by atoms with E-state index in [0.717, 1.165) is 17.5 Å². The van der Waals surface area contributed by atoms with Gasteiger partial charge in [0.25, 0.3) is 0 Å². The number of ether oxygens (including phenoxy) is 1. The van der Waals surface area contributed by atoms with Gasteiger partial charge in [-0.1, -0.05) is 30.3 Å². The number of aliphatic hydroxyl groups excluding tert-OH is 1. The molecule has 2 saturated heterocycles. The molecule has 13 heteroatoms. The number of nitrogen functional groups attached to an aromatic ring is 1. The van der Waals surface area contributed by atoms with E-state index in [1.54, 1.807) is 29.3 Å². The van der Waals surface area contributed by atoms with Crippen LogP contribution in [0.4, 0.5) is 11.4 Å². The average molecular weight is 706 g/mol. The van der Waals surface area contributed by atoms with Crippen molar-refractivity contribution in [2.75, 3.05) is 63.1 Å². The number of hydrogen-bond acceptors (Lipinski definition) is 9. The summed E-state index contributed by atoms with van der Waals surface area (Å²) in [6.07, 6.45) is 7.21. The number of nitrogens with two attached hydrogens (primary N) is 2. The van der Waals surface area contributed by atoms with E-state index in [1.807, 2.05) is 55.1 Å². The summed E-state index contributed by atoms with van der Waals surface area (Å²) in [5.74, 6) is 0.964. The zero-order chi connectivity index (χ0) is 36.8. The topological polar surface area (TPSA) is 187 Å². The highest BCUT2D eigenvalue weighted by Gasteiger charge is 2.51. The van der Waals surface area contributed by atoms with E-state index in [4.69, 9.17) is 26.7 Å². The first-order chi connectivity index (χ1) is 25.1. The van der Waals surface area contributed by atoms with Crippen LogP contribution in [-0.2, 0) is 9.59 Å². The lowest BCUT2D eigenvalue weighted by Gasteiger charge is -2.29. The van der Waals surface area contributed by atoms with Crippen molar-refractivity contribution >= 4 is 46.6 Å². The standard InChI is InChI=1S/C39H47N9O4/c1-26(2)52-34-10-7-30(22-44-34)36(41)32-21-31(8-9-33(32)40)48-19-14-39(38(48)51)13-18-46(24-39)23-35(50)47-16-11-28(12-17-47)27-3-5-29(6-4-27)37(42)45-25-43-15-20-49/h3-11,21-22,25-26,41,49H,12-20,23-24,40H2,1-2H3,(H2,42,43,45)/t39-/m0/s1. The number of carbonyl (C=O) groups excluding carboxylic acids is 2. The lowest BCUT2D eigenvalue weighted by atomic mass is 9.85. The molecular formula is C39H47N9O4. The van der Waals surface area contributed by atoms with Crippen LogP contribution in [0.2, 0.25) is 0 Å². The van der Waals surface area contributed by atoms with Gasteiger partial charge >= 0.3 is 0 Å². The smallest absolute Gasteiger partial charge is 0.237 e. The van der Waals surface area contributed by atoms with E-state index in [9.17, 15) is 9.59 Å². The molecule has 0 radical (unpaired) electrons. The Morgan fingerprint density at radius 2 is 1.87 bits per heavy atom. The summed E-state index contributed by atoms with van der Waals surface area (Å²) >= 11 is 0. The monoisotopic (exact) mass is 705 g/mol. The van der Waals surface area contributed by atoms with Crippen LogP contribution in [-0.4, -0.2) is 108 Å². The molecule has 2 amide bonds. The van der Waals surface area contributed by atoms with Crippen LogP contribution in [0.25, 0.3) is 5.57 Å². The summed E-state index contributed by atoms with van der Waals surface area (Å²) in [4.78, 5) is 45.6. The number of benzene rings is 2. The fourth-order valence-electron chi connectivity index (χ4n) is 7.06. The summed E-state index contributed by atoms with van der Waals surface area (Å²) in [6.45, 7) is 7.35. The molecule has 3 aromatic rings. The van der Waals surface area contributed by atoms with Gasteiger partial charge in [-0.2, -0.15) is 0 Å². The van der Waals surface area contributed by atoms with Crippen LogP contribution >= 0.6 is 0 Å². The number of nitrogens with one attached hydrogen (secondary N) is 1. The molecule has 2 aromatic carbocycles. The first-order valence-corrected chi connectivity index (χ1v) is 17.7. The first kappa shape index (κ1) is 36.4. The van der Waals surface area contributed by atoms with Crippen LogP contribution in [0.3, 0.4) is 0 Å². The van der Waals surface area contributed by atoms with Crippen LogP contribution in [0, 0.1) is 10.8 Å². The number of rotatable bonds is 12. The number of aliphatic hydroxyl groups is 1. The molecule has 1 aromatic heterocycles. The number of amides is 2. The molecule has 6 N–H and O–H groups in total. The largest absolute Gasteiger partial charge is 0.475 e. The molecule has 0 aliphatic carbocycles. The summed E-state index contributed by atoms with van der Waals surface area (Å²) < 4.78 is 5.63. The highest BCUT2D eigenvalue weighted by Crippen LogP contribution is 2.43. The van der Waals surface area contributed by atoms with Crippen LogP contribution in [0.5, 0.6) is 5.88 Å². The summed E-state index contributed by atoms with van der Waals surface area (Å²) in [5, 5.41) is 17.7. The minimum absolute atomic E-state index is 0.00472. The summed E-state index contributed by atoms with van der Waals surface area (Å²) in [7, 11) is 0. The van der Waals surface area contributed by atoms with Gasteiger partial charge in [0.15, 0.2) is 0 Å². The zero-order valence-electron chi connectivity index (χ0n) is 29.8. The van der Waals surface area contributed by atoms with Crippen molar-refractivity contribution in [1.29, 1.82) is 5.41 Å². The van der Waals surface area contributed by atoms with Crippen LogP contribution in [0.1, 0.15) is 55.4 Å². The Hall–Kier alpha value is -5.40. The van der Waals surface area contributed by atoms with E-state index >= 15 is 0 Å². The maximum absolute atomic E-state index is 14.0. The Morgan fingerprint density at radius 1 is 1.10 bits per heavy atom. The molecular weight excluding hydrogens is 658 g/mol. The maximum Gasteiger partial charge on any atom is 0.237 e. The highest BCUT2D eigenvalue weighted by molar-refractivity contribution is 6.14. The average Bonchev–Trinajstić information content (AvgIpc) is 3.71. The Balaban J connectivity index is 1.03. The van der Waals surface area contributed by atoms with Crippen molar-refractivity contribution in [2.45, 2.75) is 39.2 Å². The van der Waals surface area contributed by atoms with Gasteiger partial charge < -0.3 is 31.1 Å². The minimum Gasteiger partial charge on any atom is -0.475 e. The molecule has 3 aliphatic rings. The van der Waals surface area contributed by atoms with Gasteiger partial charge in [0.2, 0.25) is 17.7 Å². The van der Waals surface area contributed by atoms with Gasteiger partial charge in [0.05, 0.1) is 36.9 Å². The highest BCUT2D eigenvalue weighted by atomic mass is 16.5. The SMILES string of the molecule is CC(C)Oc1ccc(C(=N)c2cc(N3CC[C@]4(CCN(CC(=O)N5CC=C(c6ccc(C(N)=NC=NCCO)cc6)CC5)C4)C3=O)ccc2N)cn1. The van der Waals surface area contributed by atoms with Crippen molar-refractivity contribution in [2.24, 2.45) is 21.1 Å². The number of pyridine rings is 1. The molecule has 0 saturated carbocycles. The Bertz CT molecular complexity index is 1890. The van der Waals surface area contributed by atoms with E-state index in [-0.39, 0.29) is 43.3 Å². The molecule has 3 aliphatic heterocycles. The molecule has 272 valence electrons. The summed E-state index contributed by atoms with van der Waals surface area (Å²) in [5.41, 5.74) is 17.4. The predicted molar refractivity (Wildman–Crippen MR) is 204 cm³/mol. The second-order valence-electron chi connectivity index (χ2n) is 13.8. The quantitative estimate of drug-likeness (QED) is 0.126.